The van der Waals surface area contributed by atoms with E-state index in [9.17, 15) is 0 Å². The first-order valence-corrected chi connectivity index (χ1v) is 6.72. The van der Waals surface area contributed by atoms with Crippen LogP contribution < -0.4 is 5.32 Å². The number of hydrogen-bond acceptors (Lipinski definition) is 3. The first-order chi connectivity index (χ1) is 8.55. The number of rotatable bonds is 4. The number of ether oxygens (including phenoxy) is 1. The third kappa shape index (κ3) is 4.00. The molecule has 3 heteroatoms. The summed E-state index contributed by atoms with van der Waals surface area (Å²) in [5.74, 6) is 0. The highest BCUT2D eigenvalue weighted by Gasteiger charge is 2.26. The summed E-state index contributed by atoms with van der Waals surface area (Å²) in [4.78, 5) is 2.46. The monoisotopic (exact) mass is 248 g/mol. The maximum Gasteiger partial charge on any atom is 0.0753 e. The van der Waals surface area contributed by atoms with Gasteiger partial charge < -0.3 is 10.1 Å². The minimum Gasteiger partial charge on any atom is -0.384 e. The summed E-state index contributed by atoms with van der Waals surface area (Å²) in [7, 11) is 0. The van der Waals surface area contributed by atoms with Gasteiger partial charge in [-0.25, -0.2) is 0 Å². The number of nitrogens with one attached hydrogen (secondary N) is 1. The van der Waals surface area contributed by atoms with Gasteiger partial charge in [0.25, 0.3) is 0 Å². The van der Waals surface area contributed by atoms with Gasteiger partial charge in [-0.1, -0.05) is 12.1 Å². The molecule has 0 atom stereocenters. The fourth-order valence-corrected chi connectivity index (χ4v) is 2.42. The highest BCUT2D eigenvalue weighted by molar-refractivity contribution is 5.45. The number of morpholine rings is 1. The molecule has 3 nitrogen and oxygen atoms in total. The standard InChI is InChI=1S/C15H24N2O/c1-13-5-4-6-14(11-13)16-7-8-17-9-10-18-15(2,3)12-17/h4-6,11,16H,7-10,12H2,1-3H3. The van der Waals surface area contributed by atoms with Crippen molar-refractivity contribution in [2.45, 2.75) is 26.4 Å². The second-order valence-electron chi connectivity index (χ2n) is 5.68. The Labute approximate surface area is 110 Å². The molecule has 1 aliphatic rings. The van der Waals surface area contributed by atoms with E-state index in [1.54, 1.807) is 0 Å². The van der Waals surface area contributed by atoms with Gasteiger partial charge in [-0.05, 0) is 38.5 Å². The third-order valence-corrected chi connectivity index (χ3v) is 3.28. The van der Waals surface area contributed by atoms with Crippen LogP contribution in [0.2, 0.25) is 0 Å². The van der Waals surface area contributed by atoms with Crippen LogP contribution in [0.25, 0.3) is 0 Å². The molecule has 0 aliphatic carbocycles. The molecule has 100 valence electrons. The Bertz CT molecular complexity index is 390. The highest BCUT2D eigenvalue weighted by atomic mass is 16.5. The highest BCUT2D eigenvalue weighted by Crippen LogP contribution is 2.16. The zero-order valence-electron chi connectivity index (χ0n) is 11.7. The normalized spacial score (nSPS) is 19.7. The minimum atomic E-state index is 0.00157. The average molecular weight is 248 g/mol. The maximum atomic E-state index is 5.71. The van der Waals surface area contributed by atoms with Crippen LogP contribution in [0.1, 0.15) is 19.4 Å². The van der Waals surface area contributed by atoms with E-state index >= 15 is 0 Å². The Morgan fingerprint density at radius 3 is 2.94 bits per heavy atom. The predicted molar refractivity (Wildman–Crippen MR) is 76.1 cm³/mol. The molecule has 1 aromatic carbocycles. The van der Waals surface area contributed by atoms with Crippen molar-refractivity contribution in [2.75, 3.05) is 38.1 Å². The van der Waals surface area contributed by atoms with Crippen molar-refractivity contribution in [2.24, 2.45) is 0 Å². The van der Waals surface area contributed by atoms with Gasteiger partial charge in [0.2, 0.25) is 0 Å². The molecule has 18 heavy (non-hydrogen) atoms. The molecular formula is C15H24N2O. The van der Waals surface area contributed by atoms with Gasteiger partial charge in [0.05, 0.1) is 12.2 Å². The molecule has 0 spiro atoms. The molecule has 0 radical (unpaired) electrons. The smallest absolute Gasteiger partial charge is 0.0753 e. The summed E-state index contributed by atoms with van der Waals surface area (Å²) in [6.45, 7) is 11.4. The van der Waals surface area contributed by atoms with E-state index in [2.05, 4.69) is 55.3 Å². The molecule has 0 saturated carbocycles. The number of nitrogens with zero attached hydrogens (tertiary/aromatic N) is 1. The molecule has 1 aromatic rings. The largest absolute Gasteiger partial charge is 0.384 e. The average Bonchev–Trinajstić information content (AvgIpc) is 2.28. The molecule has 1 heterocycles. The van der Waals surface area contributed by atoms with Crippen LogP contribution in [0.5, 0.6) is 0 Å². The van der Waals surface area contributed by atoms with E-state index in [0.29, 0.717) is 0 Å². The lowest BCUT2D eigenvalue weighted by molar-refractivity contribution is -0.0848. The van der Waals surface area contributed by atoms with Crippen LogP contribution >= 0.6 is 0 Å². The molecule has 0 unspecified atom stereocenters. The van der Waals surface area contributed by atoms with Crippen molar-refractivity contribution in [1.29, 1.82) is 0 Å². The fourth-order valence-electron chi connectivity index (χ4n) is 2.42. The minimum absolute atomic E-state index is 0.00157. The summed E-state index contributed by atoms with van der Waals surface area (Å²) in [5, 5.41) is 3.48. The molecule has 1 N–H and O–H groups in total. The summed E-state index contributed by atoms with van der Waals surface area (Å²) < 4.78 is 5.71. The van der Waals surface area contributed by atoms with E-state index in [-0.39, 0.29) is 5.60 Å². The third-order valence-electron chi connectivity index (χ3n) is 3.28. The van der Waals surface area contributed by atoms with Crippen molar-refractivity contribution in [3.8, 4) is 0 Å². The van der Waals surface area contributed by atoms with Gasteiger partial charge in [-0.3, -0.25) is 4.90 Å². The van der Waals surface area contributed by atoms with E-state index < -0.39 is 0 Å². The van der Waals surface area contributed by atoms with Crippen LogP contribution in [0.4, 0.5) is 5.69 Å². The van der Waals surface area contributed by atoms with E-state index in [0.717, 1.165) is 32.8 Å². The van der Waals surface area contributed by atoms with Gasteiger partial charge in [-0.15, -0.1) is 0 Å². The van der Waals surface area contributed by atoms with Gasteiger partial charge in [0.1, 0.15) is 0 Å². The number of benzene rings is 1. The molecule has 0 bridgehead atoms. The van der Waals surface area contributed by atoms with Crippen LogP contribution in [0.3, 0.4) is 0 Å². The van der Waals surface area contributed by atoms with Gasteiger partial charge in [0.15, 0.2) is 0 Å². The number of hydrogen-bond donors (Lipinski definition) is 1. The number of aryl methyl sites for hydroxylation is 1. The van der Waals surface area contributed by atoms with Crippen LogP contribution in [-0.4, -0.2) is 43.3 Å². The Morgan fingerprint density at radius 2 is 2.22 bits per heavy atom. The molecular weight excluding hydrogens is 224 g/mol. The Kier molecular flexibility index (Phi) is 4.25. The molecule has 1 aliphatic heterocycles. The quantitative estimate of drug-likeness (QED) is 0.886. The van der Waals surface area contributed by atoms with Crippen LogP contribution in [0, 0.1) is 6.92 Å². The van der Waals surface area contributed by atoms with Crippen molar-refractivity contribution in [3.63, 3.8) is 0 Å². The van der Waals surface area contributed by atoms with Gasteiger partial charge in [0, 0.05) is 31.9 Å². The van der Waals surface area contributed by atoms with Gasteiger partial charge in [-0.2, -0.15) is 0 Å². The second-order valence-corrected chi connectivity index (χ2v) is 5.68. The molecule has 2 rings (SSSR count). The zero-order chi connectivity index (χ0) is 13.0. The lowest BCUT2D eigenvalue weighted by Gasteiger charge is -2.38. The topological polar surface area (TPSA) is 24.5 Å². The Balaban J connectivity index is 1.75. The van der Waals surface area contributed by atoms with E-state index in [1.165, 1.54) is 11.3 Å². The molecule has 1 saturated heterocycles. The second kappa shape index (κ2) is 5.72. The van der Waals surface area contributed by atoms with Crippen molar-refractivity contribution >= 4 is 5.69 Å². The maximum absolute atomic E-state index is 5.71. The summed E-state index contributed by atoms with van der Waals surface area (Å²) in [5.41, 5.74) is 2.51. The first kappa shape index (κ1) is 13.4. The van der Waals surface area contributed by atoms with Crippen molar-refractivity contribution in [3.05, 3.63) is 29.8 Å². The molecule has 0 aromatic heterocycles. The molecule has 1 fully saturated rings. The number of anilines is 1. The first-order valence-electron chi connectivity index (χ1n) is 6.72. The fraction of sp³-hybridized carbons (Fsp3) is 0.600. The van der Waals surface area contributed by atoms with E-state index in [1.807, 2.05) is 0 Å². The van der Waals surface area contributed by atoms with Crippen LogP contribution in [0.15, 0.2) is 24.3 Å². The molecule has 0 amide bonds. The van der Waals surface area contributed by atoms with Crippen LogP contribution in [-0.2, 0) is 4.74 Å². The Hall–Kier alpha value is -1.06. The summed E-state index contributed by atoms with van der Waals surface area (Å²) in [6, 6.07) is 8.52. The lowest BCUT2D eigenvalue weighted by atomic mass is 10.1. The SMILES string of the molecule is Cc1cccc(NCCN2CCOC(C)(C)C2)c1. The van der Waals surface area contributed by atoms with Gasteiger partial charge >= 0.3 is 0 Å². The van der Waals surface area contributed by atoms with E-state index in [4.69, 9.17) is 4.74 Å². The summed E-state index contributed by atoms with van der Waals surface area (Å²) >= 11 is 0. The summed E-state index contributed by atoms with van der Waals surface area (Å²) in [6.07, 6.45) is 0. The van der Waals surface area contributed by atoms with Crippen molar-refractivity contribution < 1.29 is 4.74 Å². The van der Waals surface area contributed by atoms with Crippen molar-refractivity contribution in [1.82, 2.24) is 4.90 Å². The lowest BCUT2D eigenvalue weighted by Crippen LogP contribution is -2.49. The Morgan fingerprint density at radius 1 is 1.39 bits per heavy atom. The predicted octanol–water partition coefficient (Wildman–Crippen LogP) is 2.52. The zero-order valence-corrected chi connectivity index (χ0v) is 11.7.